The van der Waals surface area contributed by atoms with E-state index in [9.17, 15) is 8.42 Å². The van der Waals surface area contributed by atoms with Crippen LogP contribution in [0.25, 0.3) is 0 Å². The molecule has 0 radical (unpaired) electrons. The molecule has 6 heteroatoms. The molecule has 2 fully saturated rings. The second-order valence-corrected chi connectivity index (χ2v) is 8.40. The normalized spacial score (nSPS) is 25.7. The van der Waals surface area contributed by atoms with Crippen LogP contribution in [-0.2, 0) is 10.2 Å². The molecule has 0 amide bonds. The van der Waals surface area contributed by atoms with E-state index in [0.717, 1.165) is 38.6 Å². The van der Waals surface area contributed by atoms with Crippen molar-refractivity contribution in [1.29, 1.82) is 0 Å². The van der Waals surface area contributed by atoms with Crippen LogP contribution in [-0.4, -0.2) is 55.8 Å². The van der Waals surface area contributed by atoms with Crippen LogP contribution in [0.3, 0.4) is 0 Å². The molecule has 0 saturated carbocycles. The SMILES string of the molecule is CC(C)CN(CC1CCCN1)S(=O)(=O)N1CCCCC1. The topological polar surface area (TPSA) is 52.7 Å². The lowest BCUT2D eigenvalue weighted by Crippen LogP contribution is -2.50. The van der Waals surface area contributed by atoms with Gasteiger partial charge in [-0.15, -0.1) is 0 Å². The predicted molar refractivity (Wildman–Crippen MR) is 81.8 cm³/mol. The van der Waals surface area contributed by atoms with E-state index < -0.39 is 10.2 Å². The van der Waals surface area contributed by atoms with Crippen molar-refractivity contribution < 1.29 is 8.42 Å². The Labute approximate surface area is 123 Å². The molecule has 2 saturated heterocycles. The van der Waals surface area contributed by atoms with E-state index in [1.807, 2.05) is 0 Å². The Balaban J connectivity index is 2.06. The van der Waals surface area contributed by atoms with Crippen molar-refractivity contribution in [3.63, 3.8) is 0 Å². The van der Waals surface area contributed by atoms with Crippen molar-refractivity contribution in [2.24, 2.45) is 5.92 Å². The van der Waals surface area contributed by atoms with Crippen molar-refractivity contribution in [1.82, 2.24) is 13.9 Å². The first-order valence-electron chi connectivity index (χ1n) is 7.99. The van der Waals surface area contributed by atoms with E-state index in [4.69, 9.17) is 0 Å². The zero-order chi connectivity index (χ0) is 14.6. The maximum Gasteiger partial charge on any atom is 0.282 e. The third-order valence-corrected chi connectivity index (χ3v) is 6.09. The first-order valence-corrected chi connectivity index (χ1v) is 9.38. The average Bonchev–Trinajstić information content (AvgIpc) is 2.91. The number of nitrogens with one attached hydrogen (secondary N) is 1. The van der Waals surface area contributed by atoms with Crippen LogP contribution in [0.2, 0.25) is 0 Å². The molecule has 2 heterocycles. The third-order valence-electron chi connectivity index (χ3n) is 4.12. The molecule has 1 unspecified atom stereocenters. The lowest BCUT2D eigenvalue weighted by atomic mass is 10.2. The molecule has 2 aliphatic rings. The van der Waals surface area contributed by atoms with E-state index >= 15 is 0 Å². The van der Waals surface area contributed by atoms with Crippen LogP contribution in [0.5, 0.6) is 0 Å². The average molecular weight is 303 g/mol. The number of nitrogens with zero attached hydrogens (tertiary/aromatic N) is 2. The van der Waals surface area contributed by atoms with Crippen LogP contribution in [0.4, 0.5) is 0 Å². The highest BCUT2D eigenvalue weighted by atomic mass is 32.2. The van der Waals surface area contributed by atoms with Crippen molar-refractivity contribution in [3.8, 4) is 0 Å². The molecular weight excluding hydrogens is 274 g/mol. The van der Waals surface area contributed by atoms with Gasteiger partial charge in [-0.2, -0.15) is 17.0 Å². The number of rotatable bonds is 6. The van der Waals surface area contributed by atoms with Gasteiger partial charge in [-0.05, 0) is 38.1 Å². The van der Waals surface area contributed by atoms with Crippen LogP contribution >= 0.6 is 0 Å². The molecule has 0 aliphatic carbocycles. The predicted octanol–water partition coefficient (Wildman–Crippen LogP) is 1.43. The fraction of sp³-hybridized carbons (Fsp3) is 1.00. The molecular formula is C14H29N3O2S. The van der Waals surface area contributed by atoms with E-state index in [1.165, 1.54) is 0 Å². The summed E-state index contributed by atoms with van der Waals surface area (Å²) in [5.74, 6) is 0.357. The highest BCUT2D eigenvalue weighted by molar-refractivity contribution is 7.86. The van der Waals surface area contributed by atoms with E-state index in [1.54, 1.807) is 8.61 Å². The second-order valence-electron chi connectivity index (χ2n) is 6.47. The van der Waals surface area contributed by atoms with Gasteiger partial charge in [-0.1, -0.05) is 20.3 Å². The van der Waals surface area contributed by atoms with Crippen molar-refractivity contribution in [2.45, 2.75) is 52.0 Å². The monoisotopic (exact) mass is 303 g/mol. The summed E-state index contributed by atoms with van der Waals surface area (Å²) in [6, 6.07) is 0.327. The Morgan fingerprint density at radius 3 is 2.45 bits per heavy atom. The van der Waals surface area contributed by atoms with Gasteiger partial charge >= 0.3 is 0 Å². The molecule has 0 bridgehead atoms. The number of piperidine rings is 1. The molecule has 0 spiro atoms. The maximum atomic E-state index is 12.8. The summed E-state index contributed by atoms with van der Waals surface area (Å²) in [7, 11) is -3.28. The molecule has 1 atom stereocenters. The van der Waals surface area contributed by atoms with Gasteiger partial charge in [0.25, 0.3) is 10.2 Å². The minimum atomic E-state index is -3.28. The fourth-order valence-corrected chi connectivity index (χ4v) is 4.99. The lowest BCUT2D eigenvalue weighted by molar-refractivity contribution is 0.278. The van der Waals surface area contributed by atoms with Crippen molar-refractivity contribution in [2.75, 3.05) is 32.7 Å². The highest BCUT2D eigenvalue weighted by Gasteiger charge is 2.33. The van der Waals surface area contributed by atoms with Gasteiger partial charge in [0, 0.05) is 32.2 Å². The summed E-state index contributed by atoms with van der Waals surface area (Å²) in [4.78, 5) is 0. The van der Waals surface area contributed by atoms with Crippen LogP contribution in [0, 0.1) is 5.92 Å². The largest absolute Gasteiger partial charge is 0.313 e. The lowest BCUT2D eigenvalue weighted by Gasteiger charge is -2.34. The minimum Gasteiger partial charge on any atom is -0.313 e. The van der Waals surface area contributed by atoms with Crippen LogP contribution in [0.1, 0.15) is 46.0 Å². The van der Waals surface area contributed by atoms with Gasteiger partial charge in [0.05, 0.1) is 0 Å². The molecule has 2 rings (SSSR count). The van der Waals surface area contributed by atoms with E-state index in [2.05, 4.69) is 19.2 Å². The molecule has 0 aromatic heterocycles. The minimum absolute atomic E-state index is 0.327. The summed E-state index contributed by atoms with van der Waals surface area (Å²) < 4.78 is 29.1. The van der Waals surface area contributed by atoms with E-state index in [-0.39, 0.29) is 0 Å². The zero-order valence-corrected chi connectivity index (χ0v) is 13.7. The third kappa shape index (κ3) is 4.16. The highest BCUT2D eigenvalue weighted by Crippen LogP contribution is 2.19. The smallest absolute Gasteiger partial charge is 0.282 e. The molecule has 0 aromatic carbocycles. The van der Waals surface area contributed by atoms with Crippen molar-refractivity contribution in [3.05, 3.63) is 0 Å². The molecule has 0 aromatic rings. The standard InChI is InChI=1S/C14H29N3O2S/c1-13(2)11-17(12-14-7-6-8-15-14)20(18,19)16-9-4-3-5-10-16/h13-15H,3-12H2,1-2H3. The molecule has 118 valence electrons. The van der Waals surface area contributed by atoms with Gasteiger partial charge in [-0.25, -0.2) is 0 Å². The quantitative estimate of drug-likeness (QED) is 0.807. The van der Waals surface area contributed by atoms with Gasteiger partial charge in [-0.3, -0.25) is 0 Å². The summed E-state index contributed by atoms with van der Waals surface area (Å²) in [5, 5.41) is 3.41. The summed E-state index contributed by atoms with van der Waals surface area (Å²) >= 11 is 0. The Hall–Kier alpha value is -0.170. The zero-order valence-electron chi connectivity index (χ0n) is 12.8. The first kappa shape index (κ1) is 16.2. The Morgan fingerprint density at radius 1 is 1.20 bits per heavy atom. The van der Waals surface area contributed by atoms with Gasteiger partial charge in [0.1, 0.15) is 0 Å². The number of hydrogen-bond acceptors (Lipinski definition) is 3. The fourth-order valence-electron chi connectivity index (χ4n) is 3.09. The van der Waals surface area contributed by atoms with Gasteiger partial charge < -0.3 is 5.32 Å². The first-order chi connectivity index (χ1) is 9.50. The van der Waals surface area contributed by atoms with Crippen LogP contribution in [0.15, 0.2) is 0 Å². The molecule has 20 heavy (non-hydrogen) atoms. The Kier molecular flexibility index (Phi) is 5.84. The summed E-state index contributed by atoms with van der Waals surface area (Å²) in [5.41, 5.74) is 0. The van der Waals surface area contributed by atoms with Crippen LogP contribution < -0.4 is 5.32 Å². The van der Waals surface area contributed by atoms with E-state index in [0.29, 0.717) is 38.1 Å². The van der Waals surface area contributed by atoms with Gasteiger partial charge in [0.15, 0.2) is 0 Å². The summed E-state index contributed by atoms with van der Waals surface area (Å²) in [6.45, 7) is 7.81. The maximum absolute atomic E-state index is 12.8. The number of hydrogen-bond donors (Lipinski definition) is 1. The second kappa shape index (κ2) is 7.20. The molecule has 2 aliphatic heterocycles. The van der Waals surface area contributed by atoms with Crippen molar-refractivity contribution >= 4 is 10.2 Å². The summed E-state index contributed by atoms with van der Waals surface area (Å²) in [6.07, 6.45) is 5.39. The Bertz CT molecular complexity index is 385. The molecule has 1 N–H and O–H groups in total. The molecule has 5 nitrogen and oxygen atoms in total. The van der Waals surface area contributed by atoms with Gasteiger partial charge in [0.2, 0.25) is 0 Å². The Morgan fingerprint density at radius 2 is 1.90 bits per heavy atom.